The normalized spacial score (nSPS) is 12.0. The molecule has 0 aliphatic rings. The molecule has 2 N–H and O–H groups in total. The van der Waals surface area contributed by atoms with Crippen LogP contribution in [0.3, 0.4) is 0 Å². The van der Waals surface area contributed by atoms with Gasteiger partial charge in [0.1, 0.15) is 5.75 Å². The number of amides is 1. The molecular formula is C17H28N2O2. The lowest BCUT2D eigenvalue weighted by molar-refractivity contribution is -0.115. The van der Waals surface area contributed by atoms with Gasteiger partial charge in [-0.1, -0.05) is 33.1 Å². The number of carbonyl (C=O) groups excluding carboxylic acids is 1. The quantitative estimate of drug-likeness (QED) is 0.693. The lowest BCUT2D eigenvalue weighted by Gasteiger charge is -2.17. The molecular weight excluding hydrogens is 264 g/mol. The topological polar surface area (TPSA) is 50.4 Å². The maximum Gasteiger partial charge on any atom is 0.238 e. The van der Waals surface area contributed by atoms with Crippen LogP contribution in [0.4, 0.5) is 5.69 Å². The second kappa shape index (κ2) is 10.2. The summed E-state index contributed by atoms with van der Waals surface area (Å²) in [4.78, 5) is 11.9. The molecule has 1 rings (SSSR count). The number of carbonyl (C=O) groups is 1. The largest absolute Gasteiger partial charge is 0.497 e. The Morgan fingerprint density at radius 1 is 1.14 bits per heavy atom. The molecule has 0 radical (unpaired) electrons. The fourth-order valence-corrected chi connectivity index (χ4v) is 2.26. The van der Waals surface area contributed by atoms with E-state index in [0.717, 1.165) is 30.7 Å². The molecule has 1 aromatic rings. The van der Waals surface area contributed by atoms with Crippen molar-refractivity contribution in [3.63, 3.8) is 0 Å². The fourth-order valence-electron chi connectivity index (χ4n) is 2.26. The van der Waals surface area contributed by atoms with Gasteiger partial charge in [0.15, 0.2) is 0 Å². The van der Waals surface area contributed by atoms with Gasteiger partial charge < -0.3 is 15.4 Å². The standard InChI is InChI=1S/C17H28N2O2/c1-4-6-8-14(7-5-2)18-13-17(20)19-15-9-11-16(21-3)12-10-15/h9-12,14,18H,4-8,13H2,1-3H3,(H,19,20). The predicted octanol–water partition coefficient (Wildman–Crippen LogP) is 3.58. The number of rotatable bonds is 10. The molecule has 1 unspecified atom stereocenters. The van der Waals surface area contributed by atoms with Crippen molar-refractivity contribution in [3.05, 3.63) is 24.3 Å². The van der Waals surface area contributed by atoms with Crippen molar-refractivity contribution in [1.82, 2.24) is 5.32 Å². The Morgan fingerprint density at radius 3 is 2.43 bits per heavy atom. The summed E-state index contributed by atoms with van der Waals surface area (Å²) in [6.45, 7) is 4.73. The molecule has 4 heteroatoms. The summed E-state index contributed by atoms with van der Waals surface area (Å²) in [6, 6.07) is 7.81. The van der Waals surface area contributed by atoms with Crippen LogP contribution >= 0.6 is 0 Å². The van der Waals surface area contributed by atoms with E-state index in [1.807, 2.05) is 24.3 Å². The van der Waals surface area contributed by atoms with E-state index in [0.29, 0.717) is 12.6 Å². The van der Waals surface area contributed by atoms with Crippen molar-refractivity contribution in [1.29, 1.82) is 0 Å². The van der Waals surface area contributed by atoms with Gasteiger partial charge in [0, 0.05) is 11.7 Å². The first kappa shape index (κ1) is 17.5. The average Bonchev–Trinajstić information content (AvgIpc) is 2.51. The number of hydrogen-bond acceptors (Lipinski definition) is 3. The second-order valence-electron chi connectivity index (χ2n) is 5.29. The van der Waals surface area contributed by atoms with Crippen LogP contribution in [0.15, 0.2) is 24.3 Å². The molecule has 1 amide bonds. The smallest absolute Gasteiger partial charge is 0.238 e. The van der Waals surface area contributed by atoms with Gasteiger partial charge in [0.25, 0.3) is 0 Å². The molecule has 0 heterocycles. The Bertz CT molecular complexity index is 404. The van der Waals surface area contributed by atoms with Gasteiger partial charge in [-0.05, 0) is 37.1 Å². The first-order chi connectivity index (χ1) is 10.2. The number of unbranched alkanes of at least 4 members (excludes halogenated alkanes) is 1. The molecule has 4 nitrogen and oxygen atoms in total. The van der Waals surface area contributed by atoms with Gasteiger partial charge in [0.05, 0.1) is 13.7 Å². The summed E-state index contributed by atoms with van der Waals surface area (Å²) < 4.78 is 5.09. The Labute approximate surface area is 128 Å². The summed E-state index contributed by atoms with van der Waals surface area (Å²) in [6.07, 6.45) is 5.80. The molecule has 0 saturated heterocycles. The first-order valence-corrected chi connectivity index (χ1v) is 7.86. The summed E-state index contributed by atoms with van der Waals surface area (Å²) in [5, 5.41) is 6.25. The van der Waals surface area contributed by atoms with Crippen molar-refractivity contribution in [3.8, 4) is 5.75 Å². The molecule has 0 aliphatic heterocycles. The minimum Gasteiger partial charge on any atom is -0.497 e. The van der Waals surface area contributed by atoms with Crippen molar-refractivity contribution < 1.29 is 9.53 Å². The molecule has 21 heavy (non-hydrogen) atoms. The number of methoxy groups -OCH3 is 1. The number of hydrogen-bond donors (Lipinski definition) is 2. The molecule has 0 spiro atoms. The highest BCUT2D eigenvalue weighted by Crippen LogP contribution is 2.14. The van der Waals surface area contributed by atoms with Gasteiger partial charge in [-0.25, -0.2) is 0 Å². The van der Waals surface area contributed by atoms with Crippen molar-refractivity contribution in [2.45, 2.75) is 52.0 Å². The number of benzene rings is 1. The lowest BCUT2D eigenvalue weighted by atomic mass is 10.1. The number of anilines is 1. The number of nitrogens with one attached hydrogen (secondary N) is 2. The van der Waals surface area contributed by atoms with Gasteiger partial charge in [0.2, 0.25) is 5.91 Å². The maximum atomic E-state index is 11.9. The van der Waals surface area contributed by atoms with E-state index in [1.54, 1.807) is 7.11 Å². The van der Waals surface area contributed by atoms with Gasteiger partial charge in [-0.3, -0.25) is 4.79 Å². The van der Waals surface area contributed by atoms with Crippen molar-refractivity contribution >= 4 is 11.6 Å². The molecule has 1 atom stereocenters. The summed E-state index contributed by atoms with van der Waals surface area (Å²) in [5.74, 6) is 0.784. The highest BCUT2D eigenvalue weighted by molar-refractivity contribution is 5.92. The van der Waals surface area contributed by atoms with Crippen LogP contribution < -0.4 is 15.4 Å². The van der Waals surface area contributed by atoms with E-state index >= 15 is 0 Å². The van der Waals surface area contributed by atoms with E-state index in [1.165, 1.54) is 12.8 Å². The van der Waals surface area contributed by atoms with Gasteiger partial charge in [-0.2, -0.15) is 0 Å². The Morgan fingerprint density at radius 2 is 1.86 bits per heavy atom. The minimum absolute atomic E-state index is 0.00207. The monoisotopic (exact) mass is 292 g/mol. The van der Waals surface area contributed by atoms with E-state index < -0.39 is 0 Å². The van der Waals surface area contributed by atoms with E-state index in [2.05, 4.69) is 24.5 Å². The van der Waals surface area contributed by atoms with Crippen LogP contribution in [0.25, 0.3) is 0 Å². The third-order valence-corrected chi connectivity index (χ3v) is 3.47. The minimum atomic E-state index is -0.00207. The SMILES string of the molecule is CCCCC(CCC)NCC(=O)Nc1ccc(OC)cc1. The van der Waals surface area contributed by atoms with Crippen LogP contribution in [0.2, 0.25) is 0 Å². The summed E-state index contributed by atoms with van der Waals surface area (Å²) >= 11 is 0. The van der Waals surface area contributed by atoms with Gasteiger partial charge in [-0.15, -0.1) is 0 Å². The zero-order valence-electron chi connectivity index (χ0n) is 13.4. The van der Waals surface area contributed by atoms with E-state index in [-0.39, 0.29) is 5.91 Å². The molecule has 0 saturated carbocycles. The number of ether oxygens (including phenoxy) is 1. The summed E-state index contributed by atoms with van der Waals surface area (Å²) in [7, 11) is 1.63. The summed E-state index contributed by atoms with van der Waals surface area (Å²) in [5.41, 5.74) is 0.795. The van der Waals surface area contributed by atoms with Crippen LogP contribution in [0.5, 0.6) is 5.75 Å². The Kier molecular flexibility index (Phi) is 8.51. The molecule has 0 aromatic heterocycles. The molecule has 0 fully saturated rings. The highest BCUT2D eigenvalue weighted by atomic mass is 16.5. The van der Waals surface area contributed by atoms with Crippen LogP contribution in [0.1, 0.15) is 46.0 Å². The van der Waals surface area contributed by atoms with Crippen LogP contribution in [-0.4, -0.2) is 25.6 Å². The van der Waals surface area contributed by atoms with Crippen LogP contribution in [0, 0.1) is 0 Å². The molecule has 118 valence electrons. The highest BCUT2D eigenvalue weighted by Gasteiger charge is 2.09. The predicted molar refractivity (Wildman–Crippen MR) is 87.8 cm³/mol. The molecule has 0 aliphatic carbocycles. The third kappa shape index (κ3) is 7.14. The maximum absolute atomic E-state index is 11.9. The zero-order chi connectivity index (χ0) is 15.5. The fraction of sp³-hybridized carbons (Fsp3) is 0.588. The molecule has 1 aromatic carbocycles. The first-order valence-electron chi connectivity index (χ1n) is 7.86. The van der Waals surface area contributed by atoms with Gasteiger partial charge >= 0.3 is 0 Å². The average molecular weight is 292 g/mol. The molecule has 0 bridgehead atoms. The van der Waals surface area contributed by atoms with Crippen molar-refractivity contribution in [2.24, 2.45) is 0 Å². The Hall–Kier alpha value is -1.55. The lowest BCUT2D eigenvalue weighted by Crippen LogP contribution is -2.36. The van der Waals surface area contributed by atoms with Crippen molar-refractivity contribution in [2.75, 3.05) is 19.0 Å². The zero-order valence-corrected chi connectivity index (χ0v) is 13.4. The third-order valence-electron chi connectivity index (χ3n) is 3.47. The van der Waals surface area contributed by atoms with Crippen LogP contribution in [-0.2, 0) is 4.79 Å². The van der Waals surface area contributed by atoms with E-state index in [4.69, 9.17) is 4.74 Å². The van der Waals surface area contributed by atoms with E-state index in [9.17, 15) is 4.79 Å². The second-order valence-corrected chi connectivity index (χ2v) is 5.29. The Balaban J connectivity index is 2.37.